The highest BCUT2D eigenvalue weighted by Crippen LogP contribution is 2.12. The monoisotopic (exact) mass is 156 g/mol. The van der Waals surface area contributed by atoms with Crippen molar-refractivity contribution in [3.05, 3.63) is 12.4 Å². The van der Waals surface area contributed by atoms with Crippen LogP contribution in [-0.2, 0) is 0 Å². The van der Waals surface area contributed by atoms with Gasteiger partial charge in [0.25, 0.3) is 0 Å². The number of hydrogen-bond acceptors (Lipinski definition) is 2. The Hall–Kier alpha value is -0.443. The van der Waals surface area contributed by atoms with Crippen molar-refractivity contribution in [2.45, 2.75) is 19.4 Å². The molecule has 0 saturated carbocycles. The molecule has 0 aromatic rings. The zero-order valence-electron chi connectivity index (χ0n) is 7.04. The van der Waals surface area contributed by atoms with E-state index in [2.05, 4.69) is 42.5 Å². The van der Waals surface area contributed by atoms with Crippen molar-refractivity contribution in [1.82, 2.24) is 9.13 Å². The van der Waals surface area contributed by atoms with Crippen LogP contribution in [0.15, 0.2) is 12.4 Å². The summed E-state index contributed by atoms with van der Waals surface area (Å²) in [4.78, 5) is 0. The molecule has 0 amide bonds. The normalized spacial score (nSPS) is 19.1. The third-order valence-corrected chi connectivity index (χ3v) is 5.34. The summed E-state index contributed by atoms with van der Waals surface area (Å²) in [5, 5.41) is 0. The topological polar surface area (TPSA) is 6.48 Å². The van der Waals surface area contributed by atoms with Crippen LogP contribution in [-0.4, -0.2) is 32.3 Å². The Kier molecular flexibility index (Phi) is 2.37. The molecule has 0 atom stereocenters. The van der Waals surface area contributed by atoms with E-state index in [1.807, 2.05) is 0 Å². The van der Waals surface area contributed by atoms with Gasteiger partial charge in [0.1, 0.15) is 0 Å². The average molecular weight is 156 g/mol. The maximum atomic E-state index is 2.39. The molecule has 3 heteroatoms. The quantitative estimate of drug-likeness (QED) is 0.550. The van der Waals surface area contributed by atoms with E-state index in [-0.39, 0.29) is 0 Å². The van der Waals surface area contributed by atoms with E-state index in [0.29, 0.717) is 0 Å². The fourth-order valence-corrected chi connectivity index (χ4v) is 3.82. The molecule has 0 fully saturated rings. The third kappa shape index (κ3) is 1.34. The molecular formula is C7H16N2Si. The lowest BCUT2D eigenvalue weighted by Crippen LogP contribution is -2.39. The van der Waals surface area contributed by atoms with Crippen LogP contribution in [0.4, 0.5) is 0 Å². The number of hydrogen-bond donors (Lipinski definition) is 0. The second-order valence-corrected chi connectivity index (χ2v) is 6.07. The number of nitrogens with zero attached hydrogens (tertiary/aromatic N) is 2. The molecular weight excluding hydrogens is 140 g/mol. The summed E-state index contributed by atoms with van der Waals surface area (Å²) in [6.07, 6.45) is 5.69. The van der Waals surface area contributed by atoms with Crippen LogP contribution in [0.25, 0.3) is 0 Å². The summed E-state index contributed by atoms with van der Waals surface area (Å²) >= 11 is 0. The first-order valence-electron chi connectivity index (χ1n) is 3.88. The van der Waals surface area contributed by atoms with Crippen LogP contribution in [0.5, 0.6) is 0 Å². The average Bonchev–Trinajstić information content (AvgIpc) is 2.20. The van der Waals surface area contributed by atoms with Crippen LogP contribution >= 0.6 is 0 Å². The van der Waals surface area contributed by atoms with Gasteiger partial charge in [-0.3, -0.25) is 0 Å². The fourth-order valence-electron chi connectivity index (χ4n) is 1.36. The van der Waals surface area contributed by atoms with Gasteiger partial charge in [0.15, 0.2) is 0 Å². The van der Waals surface area contributed by atoms with Gasteiger partial charge in [-0.05, 0) is 20.1 Å². The molecule has 1 aliphatic heterocycles. The Morgan fingerprint density at radius 3 is 2.10 bits per heavy atom. The minimum atomic E-state index is -0.714. The summed E-state index contributed by atoms with van der Waals surface area (Å²) < 4.78 is 4.78. The van der Waals surface area contributed by atoms with Gasteiger partial charge in [-0.15, -0.1) is 0 Å². The van der Waals surface area contributed by atoms with Gasteiger partial charge < -0.3 is 9.13 Å². The summed E-state index contributed by atoms with van der Waals surface area (Å²) in [5.74, 6) is 0. The molecule has 0 unspecified atom stereocenters. The predicted octanol–water partition coefficient (Wildman–Crippen LogP) is 0.965. The first kappa shape index (κ1) is 7.66. The second kappa shape index (κ2) is 3.10. The maximum Gasteiger partial charge on any atom is 0.246 e. The Bertz CT molecular complexity index is 124. The lowest BCUT2D eigenvalue weighted by atomic mass is 10.6. The van der Waals surface area contributed by atoms with E-state index in [4.69, 9.17) is 0 Å². The molecule has 0 spiro atoms. The van der Waals surface area contributed by atoms with Gasteiger partial charge in [0.2, 0.25) is 9.12 Å². The van der Waals surface area contributed by atoms with Crippen molar-refractivity contribution in [3.63, 3.8) is 0 Å². The molecule has 0 aliphatic carbocycles. The van der Waals surface area contributed by atoms with Crippen molar-refractivity contribution >= 4 is 9.12 Å². The standard InChI is InChI=1S/C7H16N2Si/c1-4-7-10-8(2)5-6-9(10)3/h5-6,10H,4,7H2,1-3H3. The van der Waals surface area contributed by atoms with E-state index in [1.54, 1.807) is 0 Å². The fraction of sp³-hybridized carbons (Fsp3) is 0.714. The minimum Gasteiger partial charge on any atom is -0.391 e. The second-order valence-electron chi connectivity index (χ2n) is 2.90. The summed E-state index contributed by atoms with van der Waals surface area (Å²) in [6, 6.07) is 1.39. The molecule has 0 bridgehead atoms. The Labute approximate surface area is 64.9 Å². The van der Waals surface area contributed by atoms with E-state index in [0.717, 1.165) is 0 Å². The Morgan fingerprint density at radius 1 is 1.20 bits per heavy atom. The predicted molar refractivity (Wildman–Crippen MR) is 46.9 cm³/mol. The molecule has 2 nitrogen and oxygen atoms in total. The van der Waals surface area contributed by atoms with Gasteiger partial charge in [-0.2, -0.15) is 0 Å². The van der Waals surface area contributed by atoms with Crippen molar-refractivity contribution in [3.8, 4) is 0 Å². The van der Waals surface area contributed by atoms with Gasteiger partial charge >= 0.3 is 0 Å². The zero-order chi connectivity index (χ0) is 7.56. The van der Waals surface area contributed by atoms with E-state index < -0.39 is 9.12 Å². The molecule has 0 saturated heterocycles. The van der Waals surface area contributed by atoms with E-state index in [9.17, 15) is 0 Å². The van der Waals surface area contributed by atoms with Crippen molar-refractivity contribution < 1.29 is 0 Å². The molecule has 0 radical (unpaired) electrons. The lowest BCUT2D eigenvalue weighted by Gasteiger charge is -2.24. The molecule has 1 aliphatic rings. The molecule has 10 heavy (non-hydrogen) atoms. The minimum absolute atomic E-state index is 0.714. The third-order valence-electron chi connectivity index (χ3n) is 2.02. The lowest BCUT2D eigenvalue weighted by molar-refractivity contribution is 0.632. The van der Waals surface area contributed by atoms with Crippen LogP contribution in [0.3, 0.4) is 0 Å². The van der Waals surface area contributed by atoms with Crippen LogP contribution in [0.2, 0.25) is 6.04 Å². The van der Waals surface area contributed by atoms with Gasteiger partial charge in [0, 0.05) is 12.4 Å². The molecule has 1 heterocycles. The number of rotatable bonds is 2. The zero-order valence-corrected chi connectivity index (χ0v) is 8.20. The molecule has 0 N–H and O–H groups in total. The highest BCUT2D eigenvalue weighted by atomic mass is 28.3. The smallest absolute Gasteiger partial charge is 0.246 e. The summed E-state index contributed by atoms with van der Waals surface area (Å²) in [7, 11) is 3.66. The Balaban J connectivity index is 2.43. The van der Waals surface area contributed by atoms with Crippen molar-refractivity contribution in [1.29, 1.82) is 0 Å². The molecule has 0 aromatic heterocycles. The van der Waals surface area contributed by atoms with E-state index >= 15 is 0 Å². The van der Waals surface area contributed by atoms with Gasteiger partial charge in [-0.1, -0.05) is 13.3 Å². The summed E-state index contributed by atoms with van der Waals surface area (Å²) in [5.41, 5.74) is 0. The molecule has 58 valence electrons. The largest absolute Gasteiger partial charge is 0.391 e. The van der Waals surface area contributed by atoms with Crippen LogP contribution < -0.4 is 0 Å². The highest BCUT2D eigenvalue weighted by molar-refractivity contribution is 6.54. The van der Waals surface area contributed by atoms with Crippen molar-refractivity contribution in [2.75, 3.05) is 14.1 Å². The molecule has 1 rings (SSSR count). The molecule has 0 aromatic carbocycles. The highest BCUT2D eigenvalue weighted by Gasteiger charge is 2.21. The SMILES string of the molecule is CCC[SiH]1N(C)C=CN1C. The van der Waals surface area contributed by atoms with Crippen molar-refractivity contribution in [2.24, 2.45) is 0 Å². The van der Waals surface area contributed by atoms with Gasteiger partial charge in [-0.25, -0.2) is 0 Å². The van der Waals surface area contributed by atoms with Crippen LogP contribution in [0.1, 0.15) is 13.3 Å². The van der Waals surface area contributed by atoms with E-state index in [1.165, 1.54) is 12.5 Å². The first-order valence-corrected chi connectivity index (χ1v) is 5.73. The maximum absolute atomic E-state index is 2.39. The van der Waals surface area contributed by atoms with Gasteiger partial charge in [0.05, 0.1) is 0 Å². The first-order chi connectivity index (χ1) is 4.75. The summed E-state index contributed by atoms with van der Waals surface area (Å²) in [6.45, 7) is 2.26. The Morgan fingerprint density at radius 2 is 1.70 bits per heavy atom. The van der Waals surface area contributed by atoms with Crippen LogP contribution in [0, 0.1) is 0 Å².